The van der Waals surface area contributed by atoms with Crippen molar-refractivity contribution in [3.05, 3.63) is 11.4 Å². The van der Waals surface area contributed by atoms with Crippen molar-refractivity contribution >= 4 is 11.8 Å². The number of likely N-dealkylation sites (tertiary alicyclic amines) is 1. The molecule has 0 unspecified atom stereocenters. The van der Waals surface area contributed by atoms with Crippen LogP contribution in [-0.2, 0) is 9.53 Å². The lowest BCUT2D eigenvalue weighted by atomic mass is 9.87. The van der Waals surface area contributed by atoms with E-state index < -0.39 is 5.60 Å². The Balaban J connectivity index is 2.07. The Labute approximate surface area is 129 Å². The first-order chi connectivity index (χ1) is 10.5. The van der Waals surface area contributed by atoms with Crippen LogP contribution in [-0.4, -0.2) is 59.9 Å². The van der Waals surface area contributed by atoms with Gasteiger partial charge in [-0.3, -0.25) is 9.59 Å². The summed E-state index contributed by atoms with van der Waals surface area (Å²) in [4.78, 5) is 25.7. The Morgan fingerprint density at radius 3 is 2.82 bits per heavy atom. The minimum absolute atomic E-state index is 0.0311. The third-order valence-corrected chi connectivity index (χ3v) is 4.20. The van der Waals surface area contributed by atoms with E-state index in [1.807, 2.05) is 0 Å². The lowest BCUT2D eigenvalue weighted by molar-refractivity contribution is -0.123. The number of rotatable bonds is 5. The molecular formula is C14H22N4O4. The van der Waals surface area contributed by atoms with Crippen molar-refractivity contribution in [2.75, 3.05) is 27.2 Å². The highest BCUT2D eigenvalue weighted by molar-refractivity contribution is 5.93. The maximum Gasteiger partial charge on any atom is 0.278 e. The highest BCUT2D eigenvalue weighted by Gasteiger charge is 2.38. The van der Waals surface area contributed by atoms with E-state index in [9.17, 15) is 9.59 Å². The Kier molecular flexibility index (Phi) is 5.12. The van der Waals surface area contributed by atoms with E-state index in [1.165, 1.54) is 0 Å². The molecule has 0 bridgehead atoms. The van der Waals surface area contributed by atoms with Crippen molar-refractivity contribution in [1.82, 2.24) is 20.5 Å². The minimum atomic E-state index is -0.495. The Bertz CT molecular complexity index is 545. The van der Waals surface area contributed by atoms with Gasteiger partial charge >= 0.3 is 0 Å². The van der Waals surface area contributed by atoms with Crippen LogP contribution in [0.5, 0.6) is 0 Å². The molecule has 8 heteroatoms. The molecule has 1 aromatic rings. The predicted octanol–water partition coefficient (Wildman–Crippen LogP) is 0.525. The van der Waals surface area contributed by atoms with Gasteiger partial charge in [-0.05, 0) is 31.3 Å². The highest BCUT2D eigenvalue weighted by Crippen LogP contribution is 2.30. The fourth-order valence-electron chi connectivity index (χ4n) is 2.79. The van der Waals surface area contributed by atoms with Gasteiger partial charge in [0.2, 0.25) is 5.91 Å². The maximum absolute atomic E-state index is 12.5. The molecule has 1 N–H and O–H groups in total. The number of methoxy groups -OCH3 is 1. The molecule has 122 valence electrons. The number of ether oxygens (including phenoxy) is 1. The molecule has 8 nitrogen and oxygen atoms in total. The Morgan fingerprint density at radius 2 is 2.23 bits per heavy atom. The molecule has 2 heterocycles. The van der Waals surface area contributed by atoms with Crippen LogP contribution in [0, 0.1) is 6.92 Å². The van der Waals surface area contributed by atoms with Gasteiger partial charge in [-0.1, -0.05) is 5.16 Å². The van der Waals surface area contributed by atoms with Crippen LogP contribution in [0.15, 0.2) is 4.63 Å². The SMILES string of the molecule is CNC(=O)CC[C@]1(OC)CCCN(C(=O)c2nonc2C)C1. The number of aromatic nitrogens is 2. The maximum atomic E-state index is 12.5. The second-order valence-electron chi connectivity index (χ2n) is 5.59. The summed E-state index contributed by atoms with van der Waals surface area (Å²) < 4.78 is 10.3. The zero-order chi connectivity index (χ0) is 16.2. The third kappa shape index (κ3) is 3.44. The summed E-state index contributed by atoms with van der Waals surface area (Å²) in [5.74, 6) is -0.240. The first-order valence-electron chi connectivity index (χ1n) is 7.35. The normalized spacial score (nSPS) is 21.7. The molecule has 0 spiro atoms. The van der Waals surface area contributed by atoms with Crippen LogP contribution in [0.25, 0.3) is 0 Å². The second-order valence-corrected chi connectivity index (χ2v) is 5.59. The molecule has 0 aromatic carbocycles. The molecule has 0 saturated carbocycles. The van der Waals surface area contributed by atoms with Crippen LogP contribution in [0.3, 0.4) is 0 Å². The number of piperidine rings is 1. The van der Waals surface area contributed by atoms with E-state index in [4.69, 9.17) is 4.74 Å². The van der Waals surface area contributed by atoms with Gasteiger partial charge in [0.15, 0.2) is 5.69 Å². The molecule has 1 aliphatic rings. The summed E-state index contributed by atoms with van der Waals surface area (Å²) in [7, 11) is 3.24. The number of carbonyl (C=O) groups excluding carboxylic acids is 2. The Morgan fingerprint density at radius 1 is 1.45 bits per heavy atom. The second kappa shape index (κ2) is 6.87. The molecular weight excluding hydrogens is 288 g/mol. The highest BCUT2D eigenvalue weighted by atomic mass is 16.6. The zero-order valence-electron chi connectivity index (χ0n) is 13.2. The summed E-state index contributed by atoms with van der Waals surface area (Å²) in [5.41, 5.74) is 0.216. The molecule has 0 aliphatic carbocycles. The summed E-state index contributed by atoms with van der Waals surface area (Å²) >= 11 is 0. The van der Waals surface area contributed by atoms with Crippen molar-refractivity contribution in [2.45, 2.75) is 38.2 Å². The largest absolute Gasteiger partial charge is 0.376 e. The van der Waals surface area contributed by atoms with E-state index in [-0.39, 0.29) is 17.5 Å². The molecule has 1 fully saturated rings. The van der Waals surface area contributed by atoms with Gasteiger partial charge in [0, 0.05) is 27.1 Å². The van der Waals surface area contributed by atoms with Gasteiger partial charge in [0.1, 0.15) is 5.69 Å². The summed E-state index contributed by atoms with van der Waals surface area (Å²) in [6.07, 6.45) is 2.58. The average Bonchev–Trinajstić information content (AvgIpc) is 2.98. The molecule has 1 atom stereocenters. The summed E-state index contributed by atoms with van der Waals surface area (Å²) in [6.45, 7) is 2.75. The van der Waals surface area contributed by atoms with Crippen LogP contribution >= 0.6 is 0 Å². The quantitative estimate of drug-likeness (QED) is 0.852. The number of hydrogen-bond donors (Lipinski definition) is 1. The van der Waals surface area contributed by atoms with Crippen molar-refractivity contribution in [3.63, 3.8) is 0 Å². The van der Waals surface area contributed by atoms with Gasteiger partial charge in [0.05, 0.1) is 12.1 Å². The van der Waals surface area contributed by atoms with Crippen molar-refractivity contribution in [2.24, 2.45) is 0 Å². The summed E-state index contributed by atoms with van der Waals surface area (Å²) in [5, 5.41) is 9.92. The number of amides is 2. The smallest absolute Gasteiger partial charge is 0.278 e. The van der Waals surface area contributed by atoms with Crippen LogP contribution < -0.4 is 5.32 Å². The Hall–Kier alpha value is -1.96. The zero-order valence-corrected chi connectivity index (χ0v) is 13.2. The number of carbonyl (C=O) groups is 2. The van der Waals surface area contributed by atoms with Crippen LogP contribution in [0.2, 0.25) is 0 Å². The molecule has 1 saturated heterocycles. The topological polar surface area (TPSA) is 97.6 Å². The third-order valence-electron chi connectivity index (χ3n) is 4.20. The van der Waals surface area contributed by atoms with Crippen molar-refractivity contribution < 1.29 is 19.0 Å². The molecule has 1 aromatic heterocycles. The summed E-state index contributed by atoms with van der Waals surface area (Å²) in [6, 6.07) is 0. The number of hydrogen-bond acceptors (Lipinski definition) is 6. The van der Waals surface area contributed by atoms with E-state index in [0.717, 1.165) is 12.8 Å². The molecule has 22 heavy (non-hydrogen) atoms. The fraction of sp³-hybridized carbons (Fsp3) is 0.714. The van der Waals surface area contributed by atoms with Gasteiger partial charge in [-0.25, -0.2) is 4.63 Å². The molecule has 2 rings (SSSR count). The van der Waals surface area contributed by atoms with E-state index in [0.29, 0.717) is 31.6 Å². The van der Waals surface area contributed by atoms with E-state index in [1.54, 1.807) is 26.0 Å². The monoisotopic (exact) mass is 310 g/mol. The van der Waals surface area contributed by atoms with E-state index in [2.05, 4.69) is 20.3 Å². The molecule has 0 radical (unpaired) electrons. The van der Waals surface area contributed by atoms with Gasteiger partial charge in [-0.15, -0.1) is 0 Å². The number of nitrogens with one attached hydrogen (secondary N) is 1. The first-order valence-corrected chi connectivity index (χ1v) is 7.35. The average molecular weight is 310 g/mol. The fourth-order valence-corrected chi connectivity index (χ4v) is 2.79. The van der Waals surface area contributed by atoms with Crippen LogP contribution in [0.4, 0.5) is 0 Å². The standard InChI is InChI=1S/C14H22N4O4/c1-10-12(17-22-16-10)13(20)18-8-4-6-14(9-18,21-3)7-5-11(19)15-2/h4-9H2,1-3H3,(H,15,19)/t14-/m1/s1. The molecule has 2 amide bonds. The first kappa shape index (κ1) is 16.4. The van der Waals surface area contributed by atoms with E-state index >= 15 is 0 Å². The van der Waals surface area contributed by atoms with Crippen LogP contribution in [0.1, 0.15) is 41.9 Å². The van der Waals surface area contributed by atoms with Gasteiger partial charge in [-0.2, -0.15) is 0 Å². The van der Waals surface area contributed by atoms with Crippen molar-refractivity contribution in [1.29, 1.82) is 0 Å². The predicted molar refractivity (Wildman–Crippen MR) is 77.2 cm³/mol. The minimum Gasteiger partial charge on any atom is -0.376 e. The number of aryl methyl sites for hydroxylation is 1. The lowest BCUT2D eigenvalue weighted by Crippen LogP contribution is -2.52. The molecule has 1 aliphatic heterocycles. The number of nitrogens with zero attached hydrogens (tertiary/aromatic N) is 3. The lowest BCUT2D eigenvalue weighted by Gasteiger charge is -2.41. The van der Waals surface area contributed by atoms with Gasteiger partial charge in [0.25, 0.3) is 5.91 Å². The van der Waals surface area contributed by atoms with Crippen molar-refractivity contribution in [3.8, 4) is 0 Å². The van der Waals surface area contributed by atoms with Gasteiger partial charge < -0.3 is 15.0 Å².